The van der Waals surface area contributed by atoms with Crippen LogP contribution in [0.5, 0.6) is 5.75 Å². The third kappa shape index (κ3) is 2.13. The predicted molar refractivity (Wildman–Crippen MR) is 57.7 cm³/mol. The molecule has 15 heavy (non-hydrogen) atoms. The summed E-state index contributed by atoms with van der Waals surface area (Å²) in [6.45, 7) is 1.76. The fourth-order valence-electron chi connectivity index (χ4n) is 1.31. The van der Waals surface area contributed by atoms with Crippen molar-refractivity contribution in [1.29, 1.82) is 0 Å². The van der Waals surface area contributed by atoms with Crippen LogP contribution in [0.4, 0.5) is 0 Å². The van der Waals surface area contributed by atoms with E-state index in [4.69, 9.17) is 4.74 Å². The van der Waals surface area contributed by atoms with E-state index in [1.807, 2.05) is 30.3 Å². The fraction of sp³-hybridized carbons (Fsp3) is 0.167. The van der Waals surface area contributed by atoms with Gasteiger partial charge >= 0.3 is 5.97 Å². The van der Waals surface area contributed by atoms with Crippen molar-refractivity contribution in [2.45, 2.75) is 13.3 Å². The lowest BCUT2D eigenvalue weighted by Gasteiger charge is -2.03. The molecule has 1 aromatic heterocycles. The van der Waals surface area contributed by atoms with Gasteiger partial charge in [0.1, 0.15) is 5.75 Å². The second kappa shape index (κ2) is 4.09. The molecule has 0 saturated carbocycles. The van der Waals surface area contributed by atoms with Gasteiger partial charge in [-0.3, -0.25) is 9.78 Å². The molecule has 3 heteroatoms. The van der Waals surface area contributed by atoms with Crippen molar-refractivity contribution in [2.75, 3.05) is 0 Å². The zero-order valence-electron chi connectivity index (χ0n) is 8.43. The quantitative estimate of drug-likeness (QED) is 0.701. The number of benzene rings is 1. The Morgan fingerprint density at radius 2 is 2.20 bits per heavy atom. The van der Waals surface area contributed by atoms with Crippen LogP contribution in [0.3, 0.4) is 0 Å². The highest BCUT2D eigenvalue weighted by molar-refractivity contribution is 5.80. The number of esters is 1. The van der Waals surface area contributed by atoms with Crippen LogP contribution in [-0.4, -0.2) is 11.0 Å². The van der Waals surface area contributed by atoms with Gasteiger partial charge in [-0.25, -0.2) is 0 Å². The number of ether oxygens (including phenoxy) is 1. The van der Waals surface area contributed by atoms with Gasteiger partial charge in [-0.15, -0.1) is 0 Å². The van der Waals surface area contributed by atoms with Crippen LogP contribution < -0.4 is 4.74 Å². The van der Waals surface area contributed by atoms with Crippen LogP contribution in [0.2, 0.25) is 0 Å². The van der Waals surface area contributed by atoms with E-state index in [9.17, 15) is 4.79 Å². The minimum atomic E-state index is -0.243. The predicted octanol–water partition coefficient (Wildman–Crippen LogP) is 2.55. The summed E-state index contributed by atoms with van der Waals surface area (Å²) in [5.41, 5.74) is 0.897. The van der Waals surface area contributed by atoms with Crippen LogP contribution in [0.15, 0.2) is 36.5 Å². The Bertz CT molecular complexity index is 494. The lowest BCUT2D eigenvalue weighted by molar-refractivity contribution is -0.134. The number of nitrogens with zero attached hydrogens (tertiary/aromatic N) is 1. The summed E-state index contributed by atoms with van der Waals surface area (Å²) in [6.07, 6.45) is 1.93. The average molecular weight is 201 g/mol. The monoisotopic (exact) mass is 201 g/mol. The van der Waals surface area contributed by atoms with E-state index >= 15 is 0 Å². The first kappa shape index (κ1) is 9.65. The lowest BCUT2D eigenvalue weighted by Crippen LogP contribution is -2.05. The molecule has 1 aromatic carbocycles. The topological polar surface area (TPSA) is 39.2 Å². The maximum Gasteiger partial charge on any atom is 0.310 e. The first-order chi connectivity index (χ1) is 7.29. The molecule has 3 nitrogen and oxygen atoms in total. The average Bonchev–Trinajstić information content (AvgIpc) is 2.29. The maximum atomic E-state index is 11.1. The molecular formula is C12H11NO2. The van der Waals surface area contributed by atoms with Crippen LogP contribution in [0, 0.1) is 0 Å². The molecule has 0 radical (unpaired) electrons. The van der Waals surface area contributed by atoms with Crippen molar-refractivity contribution >= 4 is 16.9 Å². The zero-order chi connectivity index (χ0) is 10.7. The number of hydrogen-bond acceptors (Lipinski definition) is 3. The minimum absolute atomic E-state index is 0.243. The number of carbonyl (C=O) groups is 1. The highest BCUT2D eigenvalue weighted by Gasteiger charge is 2.02. The Morgan fingerprint density at radius 3 is 3.00 bits per heavy atom. The first-order valence-electron chi connectivity index (χ1n) is 4.85. The zero-order valence-corrected chi connectivity index (χ0v) is 8.43. The lowest BCUT2D eigenvalue weighted by atomic mass is 10.2. The summed E-state index contributed by atoms with van der Waals surface area (Å²) in [5, 5.41) is 0.971. The van der Waals surface area contributed by atoms with E-state index in [0.717, 1.165) is 10.9 Å². The molecule has 1 heterocycles. The van der Waals surface area contributed by atoms with Gasteiger partial charge in [0.2, 0.25) is 0 Å². The van der Waals surface area contributed by atoms with Gasteiger partial charge in [-0.2, -0.15) is 0 Å². The maximum absolute atomic E-state index is 11.1. The standard InChI is InChI=1S/C12H11NO2/c1-2-12(14)15-10-7-9-5-3-4-6-11(9)13-8-10/h3-8H,2H2,1H3. The molecule has 0 amide bonds. The van der Waals surface area contributed by atoms with Crippen molar-refractivity contribution in [2.24, 2.45) is 0 Å². The van der Waals surface area contributed by atoms with E-state index in [1.165, 1.54) is 0 Å². The number of carbonyl (C=O) groups excluding carboxylic acids is 1. The number of fused-ring (bicyclic) bond motifs is 1. The Labute approximate surface area is 87.7 Å². The van der Waals surface area contributed by atoms with Gasteiger partial charge in [-0.05, 0) is 12.1 Å². The largest absolute Gasteiger partial charge is 0.425 e. The van der Waals surface area contributed by atoms with Crippen molar-refractivity contribution in [3.8, 4) is 5.75 Å². The number of hydrogen-bond donors (Lipinski definition) is 0. The number of rotatable bonds is 2. The van der Waals surface area contributed by atoms with Crippen molar-refractivity contribution in [3.05, 3.63) is 36.5 Å². The second-order valence-electron chi connectivity index (χ2n) is 3.19. The van der Waals surface area contributed by atoms with E-state index in [0.29, 0.717) is 12.2 Å². The molecule has 0 spiro atoms. The van der Waals surface area contributed by atoms with E-state index in [-0.39, 0.29) is 5.97 Å². The molecule has 0 aliphatic heterocycles. The van der Waals surface area contributed by atoms with Gasteiger partial charge in [0.05, 0.1) is 11.7 Å². The SMILES string of the molecule is CCC(=O)Oc1cnc2ccccc2c1. The molecule has 0 N–H and O–H groups in total. The minimum Gasteiger partial charge on any atom is -0.425 e. The Kier molecular flexibility index (Phi) is 2.63. The third-order valence-corrected chi connectivity index (χ3v) is 2.09. The van der Waals surface area contributed by atoms with Crippen LogP contribution in [0.1, 0.15) is 13.3 Å². The Morgan fingerprint density at radius 1 is 1.40 bits per heavy atom. The molecule has 0 bridgehead atoms. The summed E-state index contributed by atoms with van der Waals surface area (Å²) in [4.78, 5) is 15.3. The summed E-state index contributed by atoms with van der Waals surface area (Å²) in [5.74, 6) is 0.257. The molecule has 0 atom stereocenters. The normalized spacial score (nSPS) is 10.2. The molecule has 2 aromatic rings. The smallest absolute Gasteiger partial charge is 0.310 e. The van der Waals surface area contributed by atoms with Crippen molar-refractivity contribution in [1.82, 2.24) is 4.98 Å². The van der Waals surface area contributed by atoms with Crippen LogP contribution >= 0.6 is 0 Å². The fourth-order valence-corrected chi connectivity index (χ4v) is 1.31. The van der Waals surface area contributed by atoms with Gasteiger partial charge in [0.15, 0.2) is 0 Å². The summed E-state index contributed by atoms with van der Waals surface area (Å²) >= 11 is 0. The van der Waals surface area contributed by atoms with Gasteiger partial charge in [0.25, 0.3) is 0 Å². The number of para-hydroxylation sites is 1. The Hall–Kier alpha value is -1.90. The molecule has 76 valence electrons. The highest BCUT2D eigenvalue weighted by atomic mass is 16.5. The van der Waals surface area contributed by atoms with Crippen LogP contribution in [0.25, 0.3) is 10.9 Å². The van der Waals surface area contributed by atoms with Gasteiger partial charge in [-0.1, -0.05) is 25.1 Å². The molecule has 0 unspecified atom stereocenters. The molecule has 2 rings (SSSR count). The van der Waals surface area contributed by atoms with E-state index < -0.39 is 0 Å². The van der Waals surface area contributed by atoms with Gasteiger partial charge < -0.3 is 4.74 Å². The molecule has 0 aliphatic rings. The summed E-state index contributed by atoms with van der Waals surface area (Å²) < 4.78 is 5.07. The number of pyridine rings is 1. The van der Waals surface area contributed by atoms with Crippen molar-refractivity contribution < 1.29 is 9.53 Å². The molecule has 0 aliphatic carbocycles. The second-order valence-corrected chi connectivity index (χ2v) is 3.19. The summed E-state index contributed by atoms with van der Waals surface area (Å²) in [7, 11) is 0. The van der Waals surface area contributed by atoms with Crippen LogP contribution in [-0.2, 0) is 4.79 Å². The Balaban J connectivity index is 2.34. The molecule has 0 saturated heterocycles. The van der Waals surface area contributed by atoms with Crippen molar-refractivity contribution in [3.63, 3.8) is 0 Å². The summed E-state index contributed by atoms with van der Waals surface area (Å²) in [6, 6.07) is 9.52. The van der Waals surface area contributed by atoms with Gasteiger partial charge in [0, 0.05) is 11.8 Å². The van der Waals surface area contributed by atoms with E-state index in [1.54, 1.807) is 13.1 Å². The molecular weight excluding hydrogens is 190 g/mol. The first-order valence-corrected chi connectivity index (χ1v) is 4.85. The highest BCUT2D eigenvalue weighted by Crippen LogP contribution is 2.17. The third-order valence-electron chi connectivity index (χ3n) is 2.09. The van der Waals surface area contributed by atoms with E-state index in [2.05, 4.69) is 4.98 Å². The molecule has 0 fully saturated rings. The number of aromatic nitrogens is 1.